The zero-order chi connectivity index (χ0) is 12.1. The molecule has 0 aromatic heterocycles. The van der Waals surface area contributed by atoms with Gasteiger partial charge in [-0.05, 0) is 31.7 Å². The van der Waals surface area contributed by atoms with Crippen molar-refractivity contribution in [1.29, 1.82) is 0 Å². The van der Waals surface area contributed by atoms with E-state index in [4.69, 9.17) is 0 Å². The fraction of sp³-hybridized carbons (Fsp3) is 0.625. The van der Waals surface area contributed by atoms with E-state index < -0.39 is 0 Å². The van der Waals surface area contributed by atoms with Gasteiger partial charge in [0.25, 0.3) is 0 Å². The summed E-state index contributed by atoms with van der Waals surface area (Å²) in [6.07, 6.45) is 7.91. The lowest BCUT2D eigenvalue weighted by Gasteiger charge is -2.41. The van der Waals surface area contributed by atoms with Crippen LogP contribution in [0.5, 0.6) is 0 Å². The summed E-state index contributed by atoms with van der Waals surface area (Å²) in [5, 5.41) is 3.90. The van der Waals surface area contributed by atoms with Gasteiger partial charge in [0.15, 0.2) is 0 Å². The van der Waals surface area contributed by atoms with Gasteiger partial charge in [-0.3, -0.25) is 0 Å². The molecule has 0 radical (unpaired) electrons. The molecule has 1 N–H and O–H groups in total. The molecule has 0 saturated heterocycles. The number of nitrogens with one attached hydrogen (secondary N) is 1. The molecule has 1 aromatic carbocycles. The van der Waals surface area contributed by atoms with Crippen LogP contribution in [0.4, 0.5) is 0 Å². The Morgan fingerprint density at radius 2 is 1.76 bits per heavy atom. The standard InChI is InChI=1S/C16H25N/c1-3-14(2)17-16(12-8-5-9-13-16)15-10-6-4-7-11-15/h4,6-7,10-11,14,17H,3,5,8-9,12-13H2,1-2H3. The molecular weight excluding hydrogens is 206 g/mol. The highest BCUT2D eigenvalue weighted by Gasteiger charge is 2.34. The Labute approximate surface area is 106 Å². The minimum Gasteiger partial charge on any atom is -0.305 e. The maximum absolute atomic E-state index is 3.90. The summed E-state index contributed by atoms with van der Waals surface area (Å²) in [6, 6.07) is 11.6. The van der Waals surface area contributed by atoms with Crippen molar-refractivity contribution in [1.82, 2.24) is 5.32 Å². The predicted molar refractivity (Wildman–Crippen MR) is 74.1 cm³/mol. The van der Waals surface area contributed by atoms with Gasteiger partial charge in [-0.15, -0.1) is 0 Å². The van der Waals surface area contributed by atoms with Crippen molar-refractivity contribution in [2.75, 3.05) is 0 Å². The SMILES string of the molecule is CCC(C)NC1(c2ccccc2)CCCCC1. The lowest BCUT2D eigenvalue weighted by Crippen LogP contribution is -2.48. The van der Waals surface area contributed by atoms with E-state index in [-0.39, 0.29) is 5.54 Å². The second kappa shape index (κ2) is 5.68. The van der Waals surface area contributed by atoms with E-state index in [2.05, 4.69) is 49.5 Å². The number of benzene rings is 1. The molecular formula is C16H25N. The Hall–Kier alpha value is -0.820. The topological polar surface area (TPSA) is 12.0 Å². The van der Waals surface area contributed by atoms with E-state index in [1.54, 1.807) is 0 Å². The molecule has 1 atom stereocenters. The predicted octanol–water partition coefficient (Wildman–Crippen LogP) is 4.23. The molecule has 1 unspecified atom stereocenters. The zero-order valence-corrected chi connectivity index (χ0v) is 11.2. The Morgan fingerprint density at radius 3 is 2.35 bits per heavy atom. The Kier molecular flexibility index (Phi) is 4.22. The summed E-state index contributed by atoms with van der Waals surface area (Å²) in [6.45, 7) is 4.57. The van der Waals surface area contributed by atoms with E-state index in [9.17, 15) is 0 Å². The first kappa shape index (κ1) is 12.6. The first-order chi connectivity index (χ1) is 8.27. The third-order valence-corrected chi connectivity index (χ3v) is 4.17. The van der Waals surface area contributed by atoms with E-state index >= 15 is 0 Å². The van der Waals surface area contributed by atoms with E-state index in [0.717, 1.165) is 0 Å². The van der Waals surface area contributed by atoms with E-state index in [0.29, 0.717) is 6.04 Å². The highest BCUT2D eigenvalue weighted by Crippen LogP contribution is 2.37. The molecule has 0 heterocycles. The first-order valence-corrected chi connectivity index (χ1v) is 7.10. The smallest absolute Gasteiger partial charge is 0.0436 e. The first-order valence-electron chi connectivity index (χ1n) is 7.10. The van der Waals surface area contributed by atoms with Crippen LogP contribution in [-0.2, 0) is 5.54 Å². The molecule has 0 bridgehead atoms. The number of hydrogen-bond acceptors (Lipinski definition) is 1. The molecule has 2 rings (SSSR count). The van der Waals surface area contributed by atoms with Crippen molar-refractivity contribution < 1.29 is 0 Å². The molecule has 0 aliphatic heterocycles. The van der Waals surface area contributed by atoms with Crippen LogP contribution >= 0.6 is 0 Å². The monoisotopic (exact) mass is 231 g/mol. The van der Waals surface area contributed by atoms with Crippen LogP contribution in [0.15, 0.2) is 30.3 Å². The van der Waals surface area contributed by atoms with Crippen molar-refractivity contribution in [3.8, 4) is 0 Å². The molecule has 1 aliphatic carbocycles. The molecule has 17 heavy (non-hydrogen) atoms. The van der Waals surface area contributed by atoms with Gasteiger partial charge in [-0.25, -0.2) is 0 Å². The molecule has 94 valence electrons. The van der Waals surface area contributed by atoms with Gasteiger partial charge in [-0.1, -0.05) is 56.5 Å². The van der Waals surface area contributed by atoms with Gasteiger partial charge < -0.3 is 5.32 Å². The largest absolute Gasteiger partial charge is 0.305 e. The van der Waals surface area contributed by atoms with Gasteiger partial charge in [-0.2, -0.15) is 0 Å². The van der Waals surface area contributed by atoms with Crippen LogP contribution in [0.3, 0.4) is 0 Å². The van der Waals surface area contributed by atoms with Gasteiger partial charge in [0.2, 0.25) is 0 Å². The van der Waals surface area contributed by atoms with Crippen molar-refractivity contribution in [3.05, 3.63) is 35.9 Å². The second-order valence-electron chi connectivity index (χ2n) is 5.46. The Morgan fingerprint density at radius 1 is 1.12 bits per heavy atom. The van der Waals surface area contributed by atoms with Gasteiger partial charge in [0, 0.05) is 11.6 Å². The van der Waals surface area contributed by atoms with Gasteiger partial charge in [0.05, 0.1) is 0 Å². The summed E-state index contributed by atoms with van der Waals surface area (Å²) >= 11 is 0. The zero-order valence-electron chi connectivity index (χ0n) is 11.2. The van der Waals surface area contributed by atoms with Crippen LogP contribution in [-0.4, -0.2) is 6.04 Å². The molecule has 0 spiro atoms. The highest BCUT2D eigenvalue weighted by atomic mass is 15.0. The molecule has 1 aliphatic rings. The van der Waals surface area contributed by atoms with Crippen molar-refractivity contribution in [2.45, 2.75) is 64.0 Å². The lowest BCUT2D eigenvalue weighted by atomic mass is 9.76. The number of rotatable bonds is 4. The summed E-state index contributed by atoms with van der Waals surface area (Å²) < 4.78 is 0. The number of hydrogen-bond donors (Lipinski definition) is 1. The average Bonchev–Trinajstić information content (AvgIpc) is 2.40. The van der Waals surface area contributed by atoms with Crippen LogP contribution in [0, 0.1) is 0 Å². The van der Waals surface area contributed by atoms with Crippen LogP contribution in [0.25, 0.3) is 0 Å². The molecule has 0 amide bonds. The fourth-order valence-corrected chi connectivity index (χ4v) is 3.00. The van der Waals surface area contributed by atoms with Crippen molar-refractivity contribution in [3.63, 3.8) is 0 Å². The highest BCUT2D eigenvalue weighted by molar-refractivity contribution is 5.25. The summed E-state index contributed by atoms with van der Waals surface area (Å²) in [4.78, 5) is 0. The third kappa shape index (κ3) is 2.90. The normalized spacial score (nSPS) is 21.1. The fourth-order valence-electron chi connectivity index (χ4n) is 3.00. The third-order valence-electron chi connectivity index (χ3n) is 4.17. The summed E-state index contributed by atoms with van der Waals surface area (Å²) in [7, 11) is 0. The summed E-state index contributed by atoms with van der Waals surface area (Å²) in [5.74, 6) is 0. The van der Waals surface area contributed by atoms with Crippen LogP contribution in [0.1, 0.15) is 57.9 Å². The van der Waals surface area contributed by atoms with Crippen molar-refractivity contribution >= 4 is 0 Å². The minimum atomic E-state index is 0.245. The molecule has 1 saturated carbocycles. The molecule has 1 nitrogen and oxygen atoms in total. The second-order valence-corrected chi connectivity index (χ2v) is 5.46. The lowest BCUT2D eigenvalue weighted by molar-refractivity contribution is 0.210. The minimum absolute atomic E-state index is 0.245. The molecule has 1 heteroatoms. The molecule has 1 aromatic rings. The van der Waals surface area contributed by atoms with E-state index in [1.807, 2.05) is 0 Å². The van der Waals surface area contributed by atoms with E-state index in [1.165, 1.54) is 44.1 Å². The maximum atomic E-state index is 3.90. The Bertz CT molecular complexity index is 325. The summed E-state index contributed by atoms with van der Waals surface area (Å²) in [5.41, 5.74) is 1.73. The Balaban J connectivity index is 2.23. The molecule has 1 fully saturated rings. The quantitative estimate of drug-likeness (QED) is 0.817. The van der Waals surface area contributed by atoms with Crippen molar-refractivity contribution in [2.24, 2.45) is 0 Å². The average molecular weight is 231 g/mol. The van der Waals surface area contributed by atoms with Gasteiger partial charge >= 0.3 is 0 Å². The van der Waals surface area contributed by atoms with Crippen LogP contribution in [0.2, 0.25) is 0 Å². The van der Waals surface area contributed by atoms with Crippen LogP contribution < -0.4 is 5.32 Å². The van der Waals surface area contributed by atoms with Gasteiger partial charge in [0.1, 0.15) is 0 Å². The maximum Gasteiger partial charge on any atom is 0.0436 e.